The molecule has 0 aliphatic heterocycles. The summed E-state index contributed by atoms with van der Waals surface area (Å²) in [4.78, 5) is 23.7. The first-order valence-electron chi connectivity index (χ1n) is 7.88. The molecule has 0 radical (unpaired) electrons. The van der Waals surface area contributed by atoms with E-state index < -0.39 is 11.5 Å². The molecule has 1 aliphatic rings. The van der Waals surface area contributed by atoms with Gasteiger partial charge in [0.25, 0.3) is 0 Å². The molecule has 0 aromatic rings. The minimum absolute atomic E-state index is 0.0203. The summed E-state index contributed by atoms with van der Waals surface area (Å²) in [6.07, 6.45) is 2.88. The van der Waals surface area contributed by atoms with Crippen LogP contribution in [0.15, 0.2) is 0 Å². The van der Waals surface area contributed by atoms with E-state index in [-0.39, 0.29) is 11.4 Å². The monoisotopic (exact) mass is 298 g/mol. The third kappa shape index (κ3) is 4.61. The van der Waals surface area contributed by atoms with Gasteiger partial charge in [0.1, 0.15) is 5.54 Å². The Bertz CT molecular complexity index is 393. The number of hydrogen-bond acceptors (Lipinski definition) is 2. The van der Waals surface area contributed by atoms with Crippen molar-refractivity contribution >= 4 is 12.0 Å². The van der Waals surface area contributed by atoms with Crippen molar-refractivity contribution < 1.29 is 14.7 Å². The van der Waals surface area contributed by atoms with Crippen LogP contribution in [0.1, 0.15) is 60.3 Å². The van der Waals surface area contributed by atoms with Crippen molar-refractivity contribution in [3.63, 3.8) is 0 Å². The molecule has 2 amide bonds. The lowest BCUT2D eigenvalue weighted by atomic mass is 9.76. The highest BCUT2D eigenvalue weighted by Crippen LogP contribution is 2.32. The van der Waals surface area contributed by atoms with E-state index in [4.69, 9.17) is 0 Å². The number of carbonyl (C=O) groups excluding carboxylic acids is 1. The number of aliphatic carboxylic acids is 1. The fourth-order valence-electron chi connectivity index (χ4n) is 2.69. The van der Waals surface area contributed by atoms with Gasteiger partial charge in [-0.2, -0.15) is 0 Å². The van der Waals surface area contributed by atoms with Gasteiger partial charge in [0.15, 0.2) is 0 Å². The average molecular weight is 298 g/mol. The second-order valence-corrected chi connectivity index (χ2v) is 7.54. The van der Waals surface area contributed by atoms with Crippen LogP contribution in [-0.2, 0) is 4.79 Å². The summed E-state index contributed by atoms with van der Waals surface area (Å²) in [5, 5.41) is 15.1. The van der Waals surface area contributed by atoms with E-state index in [1.165, 1.54) is 0 Å². The van der Waals surface area contributed by atoms with Crippen LogP contribution in [0.5, 0.6) is 0 Å². The van der Waals surface area contributed by atoms with Crippen LogP contribution in [0.2, 0.25) is 0 Å². The van der Waals surface area contributed by atoms with Gasteiger partial charge < -0.3 is 15.7 Å². The predicted octanol–water partition coefficient (Wildman–Crippen LogP) is 3.00. The molecule has 3 N–H and O–H groups in total. The Kier molecular flexibility index (Phi) is 5.65. The van der Waals surface area contributed by atoms with Gasteiger partial charge in [0.05, 0.1) is 0 Å². The van der Waals surface area contributed by atoms with Gasteiger partial charge in [-0.05, 0) is 30.1 Å². The number of nitrogens with one attached hydrogen (secondary N) is 2. The van der Waals surface area contributed by atoms with E-state index in [0.29, 0.717) is 31.2 Å². The van der Waals surface area contributed by atoms with Gasteiger partial charge in [0, 0.05) is 6.54 Å². The Balaban J connectivity index is 2.64. The van der Waals surface area contributed by atoms with Crippen molar-refractivity contribution in [2.45, 2.75) is 65.8 Å². The number of carbonyl (C=O) groups is 2. The van der Waals surface area contributed by atoms with E-state index in [0.717, 1.165) is 12.8 Å². The lowest BCUT2D eigenvalue weighted by molar-refractivity contribution is -0.146. The van der Waals surface area contributed by atoms with E-state index in [9.17, 15) is 14.7 Å². The number of carboxylic acids is 1. The molecule has 1 aliphatic carbocycles. The van der Waals surface area contributed by atoms with Gasteiger partial charge in [0.2, 0.25) is 0 Å². The molecule has 1 rings (SSSR count). The molecule has 122 valence electrons. The molecule has 0 bridgehead atoms. The maximum Gasteiger partial charge on any atom is 0.329 e. The van der Waals surface area contributed by atoms with E-state index in [1.807, 2.05) is 6.92 Å². The first kappa shape index (κ1) is 17.8. The van der Waals surface area contributed by atoms with Crippen LogP contribution in [0.3, 0.4) is 0 Å². The Morgan fingerprint density at radius 3 is 2.48 bits per heavy atom. The molecule has 0 aromatic heterocycles. The molecule has 2 unspecified atom stereocenters. The van der Waals surface area contributed by atoms with Gasteiger partial charge in [-0.15, -0.1) is 0 Å². The van der Waals surface area contributed by atoms with Crippen molar-refractivity contribution in [1.29, 1.82) is 0 Å². The SMILES string of the molecule is CC1CCCC(NC(=O)NCC(C)(C)C(C)C)(C(=O)O)C1. The number of carboxylic acid groups (broad SMARTS) is 1. The number of amides is 2. The zero-order valence-corrected chi connectivity index (χ0v) is 14.0. The average Bonchev–Trinajstić information content (AvgIpc) is 2.36. The lowest BCUT2D eigenvalue weighted by Gasteiger charge is -2.37. The highest BCUT2D eigenvalue weighted by molar-refractivity contribution is 5.86. The quantitative estimate of drug-likeness (QED) is 0.730. The van der Waals surface area contributed by atoms with Crippen LogP contribution in [0, 0.1) is 17.3 Å². The second-order valence-electron chi connectivity index (χ2n) is 7.54. The molecule has 5 heteroatoms. The van der Waals surface area contributed by atoms with Crippen molar-refractivity contribution in [2.24, 2.45) is 17.3 Å². The van der Waals surface area contributed by atoms with Crippen LogP contribution >= 0.6 is 0 Å². The van der Waals surface area contributed by atoms with Crippen molar-refractivity contribution in [2.75, 3.05) is 6.54 Å². The highest BCUT2D eigenvalue weighted by atomic mass is 16.4. The zero-order valence-electron chi connectivity index (χ0n) is 14.0. The standard InChI is InChI=1S/C16H30N2O3/c1-11(2)15(4,5)10-17-14(21)18-16(13(19)20)8-6-7-12(3)9-16/h11-12H,6-10H2,1-5H3,(H,19,20)(H2,17,18,21). The van der Waals surface area contributed by atoms with Gasteiger partial charge in [-0.25, -0.2) is 9.59 Å². The smallest absolute Gasteiger partial charge is 0.329 e. The van der Waals surface area contributed by atoms with Crippen LogP contribution < -0.4 is 10.6 Å². The summed E-state index contributed by atoms with van der Waals surface area (Å²) in [6, 6.07) is -0.375. The van der Waals surface area contributed by atoms with Crippen molar-refractivity contribution in [1.82, 2.24) is 10.6 Å². The number of urea groups is 1. The highest BCUT2D eigenvalue weighted by Gasteiger charge is 2.43. The van der Waals surface area contributed by atoms with Gasteiger partial charge >= 0.3 is 12.0 Å². The normalized spacial score (nSPS) is 26.5. The van der Waals surface area contributed by atoms with Crippen molar-refractivity contribution in [3.8, 4) is 0 Å². The fourth-order valence-corrected chi connectivity index (χ4v) is 2.69. The molecule has 0 heterocycles. The van der Waals surface area contributed by atoms with E-state index in [1.54, 1.807) is 0 Å². The Morgan fingerprint density at radius 1 is 1.38 bits per heavy atom. The molecular formula is C16H30N2O3. The molecule has 2 atom stereocenters. The minimum atomic E-state index is -1.11. The Morgan fingerprint density at radius 2 is 2.00 bits per heavy atom. The number of hydrogen-bond donors (Lipinski definition) is 3. The van der Waals surface area contributed by atoms with Crippen LogP contribution in [0.4, 0.5) is 4.79 Å². The van der Waals surface area contributed by atoms with Gasteiger partial charge in [-0.3, -0.25) is 0 Å². The zero-order chi connectivity index (χ0) is 16.3. The molecule has 1 fully saturated rings. The lowest BCUT2D eigenvalue weighted by Crippen LogP contribution is -2.59. The maximum atomic E-state index is 12.1. The van der Waals surface area contributed by atoms with Gasteiger partial charge in [-0.1, -0.05) is 47.5 Å². The summed E-state index contributed by atoms with van der Waals surface area (Å²) in [6.45, 7) is 11.0. The maximum absolute atomic E-state index is 12.1. The largest absolute Gasteiger partial charge is 0.480 e. The molecule has 21 heavy (non-hydrogen) atoms. The first-order valence-corrected chi connectivity index (χ1v) is 7.88. The summed E-state index contributed by atoms with van der Waals surface area (Å²) >= 11 is 0. The summed E-state index contributed by atoms with van der Waals surface area (Å²) < 4.78 is 0. The number of rotatable bonds is 5. The molecule has 5 nitrogen and oxygen atoms in total. The molecule has 1 saturated carbocycles. The molecule has 0 saturated heterocycles. The Labute approximate surface area is 127 Å². The summed E-state index contributed by atoms with van der Waals surface area (Å²) in [7, 11) is 0. The first-order chi connectivity index (χ1) is 9.59. The fraction of sp³-hybridized carbons (Fsp3) is 0.875. The van der Waals surface area contributed by atoms with E-state index >= 15 is 0 Å². The van der Waals surface area contributed by atoms with Crippen LogP contribution in [0.25, 0.3) is 0 Å². The van der Waals surface area contributed by atoms with Crippen molar-refractivity contribution in [3.05, 3.63) is 0 Å². The predicted molar refractivity (Wildman–Crippen MR) is 83.2 cm³/mol. The topological polar surface area (TPSA) is 78.4 Å². The molecule has 0 aromatic carbocycles. The molecule has 0 spiro atoms. The summed E-state index contributed by atoms with van der Waals surface area (Å²) in [5.74, 6) is -0.171. The third-order valence-corrected chi connectivity index (χ3v) is 5.03. The molecular weight excluding hydrogens is 268 g/mol. The van der Waals surface area contributed by atoms with E-state index in [2.05, 4.69) is 38.3 Å². The Hall–Kier alpha value is -1.26. The summed E-state index contributed by atoms with van der Waals surface area (Å²) in [5.41, 5.74) is -1.13. The van der Waals surface area contributed by atoms with Crippen LogP contribution in [-0.4, -0.2) is 29.2 Å². The second kappa shape index (κ2) is 6.67. The third-order valence-electron chi connectivity index (χ3n) is 5.03. The minimum Gasteiger partial charge on any atom is -0.480 e.